The minimum absolute atomic E-state index is 0.218. The van der Waals surface area contributed by atoms with Crippen molar-refractivity contribution in [2.75, 3.05) is 13.2 Å². The van der Waals surface area contributed by atoms with Crippen LogP contribution in [0.25, 0.3) is 11.3 Å². The largest absolute Gasteiger partial charge is 0.490 e. The second-order valence-electron chi connectivity index (χ2n) is 13.3. The zero-order chi connectivity index (χ0) is 34.2. The molecule has 0 radical (unpaired) electrons. The van der Waals surface area contributed by atoms with Crippen LogP contribution in [0.5, 0.6) is 5.75 Å². The molecule has 0 bridgehead atoms. The SMILES string of the molecule is CC(C)(C)OC(=O)NCCCn1nc(-c2ccc(OCC(O)C(=O)O)cc2)cc1CN(C(=O)OC(C)(C)C)C(=O)OC(C)(C)C. The van der Waals surface area contributed by atoms with Gasteiger partial charge in [-0.1, -0.05) is 0 Å². The van der Waals surface area contributed by atoms with Crippen LogP contribution in [-0.4, -0.2) is 85.2 Å². The van der Waals surface area contributed by atoms with Gasteiger partial charge < -0.3 is 34.5 Å². The summed E-state index contributed by atoms with van der Waals surface area (Å²) in [5.74, 6) is -1.05. The number of alkyl carbamates (subject to hydrolysis) is 1. The maximum atomic E-state index is 13.2. The van der Waals surface area contributed by atoms with E-state index in [4.69, 9.17) is 24.1 Å². The molecule has 1 heterocycles. The first-order chi connectivity index (χ1) is 20.6. The molecule has 0 saturated heterocycles. The molecule has 3 amide bonds. The van der Waals surface area contributed by atoms with Gasteiger partial charge in [-0.25, -0.2) is 24.1 Å². The Morgan fingerprint density at radius 2 is 1.42 bits per heavy atom. The number of nitrogens with zero attached hydrogens (tertiary/aromatic N) is 3. The van der Waals surface area contributed by atoms with E-state index >= 15 is 0 Å². The van der Waals surface area contributed by atoms with Gasteiger partial charge in [0.15, 0.2) is 6.10 Å². The molecule has 1 atom stereocenters. The van der Waals surface area contributed by atoms with Crippen molar-refractivity contribution in [2.45, 2.75) is 105 Å². The maximum absolute atomic E-state index is 13.2. The van der Waals surface area contributed by atoms with Gasteiger partial charge in [0.2, 0.25) is 0 Å². The van der Waals surface area contributed by atoms with Gasteiger partial charge in [0.25, 0.3) is 0 Å². The summed E-state index contributed by atoms with van der Waals surface area (Å²) in [6.45, 7) is 15.4. The van der Waals surface area contributed by atoms with E-state index in [2.05, 4.69) is 10.4 Å². The molecule has 0 fully saturated rings. The summed E-state index contributed by atoms with van der Waals surface area (Å²) in [7, 11) is 0. The first-order valence-corrected chi connectivity index (χ1v) is 14.5. The zero-order valence-electron chi connectivity index (χ0n) is 27.5. The molecule has 250 valence electrons. The first kappa shape index (κ1) is 36.9. The number of aromatic nitrogens is 2. The second kappa shape index (κ2) is 15.1. The van der Waals surface area contributed by atoms with Crippen molar-refractivity contribution in [1.82, 2.24) is 20.0 Å². The number of hydrogen-bond acceptors (Lipinski definition) is 10. The van der Waals surface area contributed by atoms with E-state index in [0.29, 0.717) is 35.7 Å². The van der Waals surface area contributed by atoms with Crippen LogP contribution >= 0.6 is 0 Å². The van der Waals surface area contributed by atoms with Crippen molar-refractivity contribution in [3.8, 4) is 17.0 Å². The number of hydrogen-bond donors (Lipinski definition) is 3. The van der Waals surface area contributed by atoms with Crippen LogP contribution in [0.15, 0.2) is 30.3 Å². The lowest BCUT2D eigenvalue weighted by Gasteiger charge is -2.28. The average molecular weight is 635 g/mol. The molecule has 0 aliphatic heterocycles. The number of carboxylic acid groups (broad SMARTS) is 1. The first-order valence-electron chi connectivity index (χ1n) is 14.5. The molecule has 0 aliphatic carbocycles. The van der Waals surface area contributed by atoms with Crippen LogP contribution in [0.2, 0.25) is 0 Å². The van der Waals surface area contributed by atoms with E-state index in [9.17, 15) is 24.3 Å². The molecule has 0 aliphatic rings. The Kier molecular flexibility index (Phi) is 12.4. The summed E-state index contributed by atoms with van der Waals surface area (Å²) < 4.78 is 23.2. The van der Waals surface area contributed by atoms with E-state index in [0.717, 1.165) is 4.90 Å². The molecule has 1 aromatic heterocycles. The van der Waals surface area contributed by atoms with Gasteiger partial charge >= 0.3 is 24.2 Å². The van der Waals surface area contributed by atoms with Crippen LogP contribution in [0.4, 0.5) is 14.4 Å². The molecular formula is C31H46N4O10. The molecule has 2 aromatic rings. The molecular weight excluding hydrogens is 588 g/mol. The molecule has 45 heavy (non-hydrogen) atoms. The van der Waals surface area contributed by atoms with Crippen LogP contribution in [0.3, 0.4) is 0 Å². The predicted molar refractivity (Wildman–Crippen MR) is 164 cm³/mol. The van der Waals surface area contributed by atoms with Crippen LogP contribution < -0.4 is 10.1 Å². The van der Waals surface area contributed by atoms with E-state index in [1.54, 1.807) is 97.3 Å². The number of carbonyl (C=O) groups excluding carboxylic acids is 3. The number of aliphatic hydroxyl groups is 1. The number of aliphatic hydroxyl groups excluding tert-OH is 1. The summed E-state index contributed by atoms with van der Waals surface area (Å²) in [5.41, 5.74) is -0.730. The monoisotopic (exact) mass is 634 g/mol. The number of carbonyl (C=O) groups is 4. The lowest BCUT2D eigenvalue weighted by Crippen LogP contribution is -2.43. The molecule has 14 nitrogen and oxygen atoms in total. The van der Waals surface area contributed by atoms with Crippen LogP contribution in [0.1, 0.15) is 74.4 Å². The summed E-state index contributed by atoms with van der Waals surface area (Å²) in [6, 6.07) is 8.31. The normalized spacial score (nSPS) is 12.6. The number of benzene rings is 1. The number of rotatable bonds is 11. The van der Waals surface area contributed by atoms with E-state index in [1.165, 1.54) is 0 Å². The third-order valence-corrected chi connectivity index (χ3v) is 5.47. The average Bonchev–Trinajstić information content (AvgIpc) is 3.28. The van der Waals surface area contributed by atoms with Crippen molar-refractivity contribution < 1.29 is 48.3 Å². The molecule has 3 N–H and O–H groups in total. The van der Waals surface area contributed by atoms with Gasteiger partial charge in [0, 0.05) is 18.7 Å². The molecule has 1 unspecified atom stereocenters. The lowest BCUT2D eigenvalue weighted by molar-refractivity contribution is -0.148. The highest BCUT2D eigenvalue weighted by molar-refractivity contribution is 5.88. The Bertz CT molecular complexity index is 1290. The quantitative estimate of drug-likeness (QED) is 0.225. The maximum Gasteiger partial charge on any atom is 0.420 e. The van der Waals surface area contributed by atoms with Crippen molar-refractivity contribution in [1.29, 1.82) is 0 Å². The highest BCUT2D eigenvalue weighted by Crippen LogP contribution is 2.25. The Morgan fingerprint density at radius 1 is 0.889 bits per heavy atom. The number of aliphatic carboxylic acids is 1. The van der Waals surface area contributed by atoms with Gasteiger partial charge in [0.1, 0.15) is 29.2 Å². The van der Waals surface area contributed by atoms with Gasteiger partial charge in [-0.3, -0.25) is 4.68 Å². The highest BCUT2D eigenvalue weighted by Gasteiger charge is 2.32. The van der Waals surface area contributed by atoms with E-state index in [-0.39, 0.29) is 13.1 Å². The fourth-order valence-corrected chi connectivity index (χ4v) is 3.62. The summed E-state index contributed by atoms with van der Waals surface area (Å²) in [4.78, 5) is 50.1. The highest BCUT2D eigenvalue weighted by atomic mass is 16.6. The van der Waals surface area contributed by atoms with Crippen molar-refractivity contribution in [2.24, 2.45) is 0 Å². The molecule has 0 spiro atoms. The molecule has 14 heteroatoms. The van der Waals surface area contributed by atoms with Gasteiger partial charge in [-0.15, -0.1) is 0 Å². The third kappa shape index (κ3) is 13.5. The van der Waals surface area contributed by atoms with Crippen molar-refractivity contribution >= 4 is 24.2 Å². The zero-order valence-corrected chi connectivity index (χ0v) is 27.5. The number of aryl methyl sites for hydroxylation is 1. The Labute approximate surface area is 263 Å². The number of ether oxygens (including phenoxy) is 4. The smallest absolute Gasteiger partial charge is 0.420 e. The second-order valence-corrected chi connectivity index (χ2v) is 13.3. The fraction of sp³-hybridized carbons (Fsp3) is 0.581. The standard InChI is InChI=1S/C31H46N4O10/c1-29(2,3)43-26(39)32-15-10-16-35-21(18-34(27(40)44-30(4,5)6)28(41)45-31(7,8)9)17-23(33-35)20-11-13-22(14-12-20)42-19-24(36)25(37)38/h11-14,17,24,36H,10,15-16,18-19H2,1-9H3,(H,32,39)(H,37,38). The Hall–Kier alpha value is -4.33. The van der Waals surface area contributed by atoms with Gasteiger partial charge in [0.05, 0.1) is 17.9 Å². The Balaban J connectivity index is 2.36. The number of carboxylic acids is 1. The van der Waals surface area contributed by atoms with Crippen LogP contribution in [-0.2, 0) is 32.1 Å². The van der Waals surface area contributed by atoms with E-state index in [1.807, 2.05) is 0 Å². The number of nitrogens with one attached hydrogen (secondary N) is 1. The molecule has 1 aromatic carbocycles. The van der Waals surface area contributed by atoms with Crippen molar-refractivity contribution in [3.63, 3.8) is 0 Å². The fourth-order valence-electron chi connectivity index (χ4n) is 3.62. The topological polar surface area (TPSA) is 179 Å². The van der Waals surface area contributed by atoms with E-state index < -0.39 is 53.8 Å². The minimum Gasteiger partial charge on any atom is -0.490 e. The summed E-state index contributed by atoms with van der Waals surface area (Å²) >= 11 is 0. The lowest BCUT2D eigenvalue weighted by atomic mass is 10.1. The predicted octanol–water partition coefficient (Wildman–Crippen LogP) is 4.96. The third-order valence-electron chi connectivity index (χ3n) is 5.47. The summed E-state index contributed by atoms with van der Waals surface area (Å²) in [6.07, 6.45) is -3.54. The van der Waals surface area contributed by atoms with Crippen molar-refractivity contribution in [3.05, 3.63) is 36.0 Å². The van der Waals surface area contributed by atoms with Crippen LogP contribution in [0, 0.1) is 0 Å². The summed E-state index contributed by atoms with van der Waals surface area (Å²) in [5, 5.41) is 25.7. The number of imide groups is 1. The minimum atomic E-state index is -1.66. The van der Waals surface area contributed by atoms with Gasteiger partial charge in [-0.05, 0) is 99.1 Å². The molecule has 0 saturated carbocycles. The van der Waals surface area contributed by atoms with Gasteiger partial charge in [-0.2, -0.15) is 5.10 Å². The number of amides is 3. The molecule has 2 rings (SSSR count). The Morgan fingerprint density at radius 3 is 1.91 bits per heavy atom.